The smallest absolute Gasteiger partial charge is 0.336 e. The number of carbonyl (C=O) groups is 1. The topological polar surface area (TPSA) is 46.3 Å². The van der Waals surface area contributed by atoms with Crippen molar-refractivity contribution in [1.29, 1.82) is 0 Å². The summed E-state index contributed by atoms with van der Waals surface area (Å²) in [7, 11) is 0. The summed E-state index contributed by atoms with van der Waals surface area (Å²) in [5.41, 5.74) is 5.58. The molecule has 142 valence electrons. The molecule has 1 aliphatic rings. The van der Waals surface area contributed by atoms with Crippen molar-refractivity contribution in [3.63, 3.8) is 0 Å². The van der Waals surface area contributed by atoms with Gasteiger partial charge in [0.05, 0.1) is 11.6 Å². The van der Waals surface area contributed by atoms with E-state index < -0.39 is 17.8 Å². The summed E-state index contributed by atoms with van der Waals surface area (Å²) in [5.74, 6) is 0.0822. The molecular formula is C18H26ClF3N2O. The van der Waals surface area contributed by atoms with Crippen LogP contribution in [0.15, 0.2) is 24.3 Å². The molecule has 0 radical (unpaired) electrons. The second kappa shape index (κ2) is 8.90. The van der Waals surface area contributed by atoms with E-state index in [1.165, 1.54) is 6.07 Å². The predicted molar refractivity (Wildman–Crippen MR) is 94.4 cm³/mol. The van der Waals surface area contributed by atoms with E-state index in [2.05, 4.69) is 0 Å². The van der Waals surface area contributed by atoms with Crippen molar-refractivity contribution in [2.24, 2.45) is 17.6 Å². The fraction of sp³-hybridized carbons (Fsp3) is 0.611. The molecule has 3 nitrogen and oxygen atoms in total. The van der Waals surface area contributed by atoms with E-state index >= 15 is 0 Å². The average Bonchev–Trinajstić information content (AvgIpc) is 3.03. The van der Waals surface area contributed by atoms with Gasteiger partial charge in [0, 0.05) is 12.5 Å². The molecule has 3 atom stereocenters. The Morgan fingerprint density at radius 3 is 2.60 bits per heavy atom. The van der Waals surface area contributed by atoms with Crippen LogP contribution in [0, 0.1) is 11.8 Å². The van der Waals surface area contributed by atoms with E-state index in [-0.39, 0.29) is 30.2 Å². The molecule has 0 spiro atoms. The third-order valence-corrected chi connectivity index (χ3v) is 5.07. The number of alkyl halides is 3. The molecule has 1 aromatic carbocycles. The van der Waals surface area contributed by atoms with Gasteiger partial charge in [0.1, 0.15) is 0 Å². The average molecular weight is 379 g/mol. The molecule has 0 aliphatic heterocycles. The van der Waals surface area contributed by atoms with Gasteiger partial charge in [-0.15, -0.1) is 12.4 Å². The van der Waals surface area contributed by atoms with Crippen LogP contribution in [0.1, 0.15) is 50.3 Å². The van der Waals surface area contributed by atoms with Crippen molar-refractivity contribution in [2.45, 2.75) is 45.3 Å². The molecule has 2 rings (SSSR count). The van der Waals surface area contributed by atoms with Crippen molar-refractivity contribution in [3.8, 4) is 0 Å². The molecule has 0 heterocycles. The van der Waals surface area contributed by atoms with Crippen molar-refractivity contribution < 1.29 is 18.0 Å². The zero-order chi connectivity index (χ0) is 17.9. The molecule has 0 aromatic heterocycles. The maximum atomic E-state index is 12.9. The number of carbonyl (C=O) groups excluding carboxylic acids is 1. The van der Waals surface area contributed by atoms with Gasteiger partial charge in [-0.3, -0.25) is 4.79 Å². The maximum absolute atomic E-state index is 12.9. The summed E-state index contributed by atoms with van der Waals surface area (Å²) in [6.45, 7) is 4.58. The van der Waals surface area contributed by atoms with Gasteiger partial charge in [-0.05, 0) is 56.8 Å². The van der Waals surface area contributed by atoms with Crippen LogP contribution < -0.4 is 5.73 Å². The van der Waals surface area contributed by atoms with E-state index in [4.69, 9.17) is 5.73 Å². The molecule has 1 amide bonds. The van der Waals surface area contributed by atoms with Gasteiger partial charge >= 0.3 is 6.18 Å². The van der Waals surface area contributed by atoms with Gasteiger partial charge < -0.3 is 10.6 Å². The highest BCUT2D eigenvalue weighted by atomic mass is 35.5. The van der Waals surface area contributed by atoms with Gasteiger partial charge in [-0.1, -0.05) is 18.6 Å². The highest BCUT2D eigenvalue weighted by Gasteiger charge is 2.36. The van der Waals surface area contributed by atoms with Crippen molar-refractivity contribution in [3.05, 3.63) is 35.4 Å². The summed E-state index contributed by atoms with van der Waals surface area (Å²) < 4.78 is 38.8. The quantitative estimate of drug-likeness (QED) is 0.824. The lowest BCUT2D eigenvalue weighted by atomic mass is 9.93. The second-order valence-corrected chi connectivity index (χ2v) is 6.46. The lowest BCUT2D eigenvalue weighted by Crippen LogP contribution is -2.40. The number of rotatable bonds is 5. The minimum absolute atomic E-state index is 0. The van der Waals surface area contributed by atoms with Crippen LogP contribution in [-0.2, 0) is 11.0 Å². The zero-order valence-electron chi connectivity index (χ0n) is 14.6. The first-order chi connectivity index (χ1) is 11.3. The van der Waals surface area contributed by atoms with Crippen LogP contribution in [0.3, 0.4) is 0 Å². The molecular weight excluding hydrogens is 353 g/mol. The van der Waals surface area contributed by atoms with Crippen molar-refractivity contribution in [1.82, 2.24) is 4.90 Å². The number of benzene rings is 1. The Labute approximate surface area is 153 Å². The Morgan fingerprint density at radius 1 is 1.36 bits per heavy atom. The van der Waals surface area contributed by atoms with Crippen LogP contribution in [0.25, 0.3) is 0 Å². The Hall–Kier alpha value is -1.27. The van der Waals surface area contributed by atoms with E-state index in [1.807, 2.05) is 6.92 Å². The molecule has 25 heavy (non-hydrogen) atoms. The molecule has 0 saturated heterocycles. The SMILES string of the molecule is CCN(C(=O)[C@@H]1CCC[C@@H]1CN)C(C)c1cccc(C(F)(F)F)c1.Cl. The largest absolute Gasteiger partial charge is 0.416 e. The van der Waals surface area contributed by atoms with Gasteiger partial charge in [0.25, 0.3) is 0 Å². The number of hydrogen-bond donors (Lipinski definition) is 1. The first-order valence-corrected chi connectivity index (χ1v) is 8.47. The van der Waals surface area contributed by atoms with Crippen LogP contribution in [0.2, 0.25) is 0 Å². The highest BCUT2D eigenvalue weighted by Crippen LogP contribution is 2.36. The summed E-state index contributed by atoms with van der Waals surface area (Å²) in [6, 6.07) is 4.82. The zero-order valence-corrected chi connectivity index (χ0v) is 15.4. The van der Waals surface area contributed by atoms with E-state index in [0.717, 1.165) is 31.4 Å². The monoisotopic (exact) mass is 378 g/mol. The summed E-state index contributed by atoms with van der Waals surface area (Å²) in [5, 5.41) is 0. The molecule has 1 unspecified atom stereocenters. The number of nitrogens with zero attached hydrogens (tertiary/aromatic N) is 1. The lowest BCUT2D eigenvalue weighted by molar-refractivity contribution is -0.138. The number of nitrogens with two attached hydrogens (primary N) is 1. The molecule has 0 bridgehead atoms. The Balaban J connectivity index is 0.00000312. The Morgan fingerprint density at radius 2 is 2.04 bits per heavy atom. The fourth-order valence-corrected chi connectivity index (χ4v) is 3.63. The number of halogens is 4. The van der Waals surface area contributed by atoms with Crippen LogP contribution in [0.4, 0.5) is 13.2 Å². The van der Waals surface area contributed by atoms with E-state index in [0.29, 0.717) is 18.7 Å². The molecule has 7 heteroatoms. The summed E-state index contributed by atoms with van der Waals surface area (Å²) in [6.07, 6.45) is -1.64. The number of hydrogen-bond acceptors (Lipinski definition) is 2. The van der Waals surface area contributed by atoms with Crippen LogP contribution in [-0.4, -0.2) is 23.9 Å². The minimum Gasteiger partial charge on any atom is -0.336 e. The van der Waals surface area contributed by atoms with Crippen LogP contribution >= 0.6 is 12.4 Å². The van der Waals surface area contributed by atoms with E-state index in [9.17, 15) is 18.0 Å². The molecule has 1 aliphatic carbocycles. The maximum Gasteiger partial charge on any atom is 0.416 e. The fourth-order valence-electron chi connectivity index (χ4n) is 3.63. The normalized spacial score (nSPS) is 21.5. The highest BCUT2D eigenvalue weighted by molar-refractivity contribution is 5.85. The van der Waals surface area contributed by atoms with Crippen molar-refractivity contribution >= 4 is 18.3 Å². The van der Waals surface area contributed by atoms with E-state index in [1.54, 1.807) is 17.9 Å². The standard InChI is InChI=1S/C18H25F3N2O.ClH/c1-3-23(17(24)16-9-5-7-14(16)11-22)12(2)13-6-4-8-15(10-13)18(19,20)21;/h4,6,8,10,12,14,16H,3,5,7,9,11,22H2,1-2H3;1H/t12?,14-,16-;/m1./s1. The third kappa shape index (κ3) is 4.88. The minimum atomic E-state index is -4.38. The lowest BCUT2D eigenvalue weighted by Gasteiger charge is -2.32. The third-order valence-electron chi connectivity index (χ3n) is 5.07. The summed E-state index contributed by atoms with van der Waals surface area (Å²) >= 11 is 0. The van der Waals surface area contributed by atoms with Crippen LogP contribution in [0.5, 0.6) is 0 Å². The molecule has 1 saturated carbocycles. The van der Waals surface area contributed by atoms with Gasteiger partial charge in [-0.2, -0.15) is 13.2 Å². The second-order valence-electron chi connectivity index (χ2n) is 6.46. The first kappa shape index (κ1) is 21.8. The van der Waals surface area contributed by atoms with Gasteiger partial charge in [-0.25, -0.2) is 0 Å². The van der Waals surface area contributed by atoms with Crippen molar-refractivity contribution in [2.75, 3.05) is 13.1 Å². The Bertz CT molecular complexity index is 580. The Kier molecular flexibility index (Phi) is 7.75. The molecule has 1 aromatic rings. The van der Waals surface area contributed by atoms with Gasteiger partial charge in [0.2, 0.25) is 5.91 Å². The summed E-state index contributed by atoms with van der Waals surface area (Å²) in [4.78, 5) is 14.6. The molecule has 2 N–H and O–H groups in total. The predicted octanol–water partition coefficient (Wildman–Crippen LogP) is 4.41. The molecule has 1 fully saturated rings. The number of amides is 1. The van der Waals surface area contributed by atoms with Gasteiger partial charge in [0.15, 0.2) is 0 Å². The first-order valence-electron chi connectivity index (χ1n) is 8.47.